The van der Waals surface area contributed by atoms with E-state index < -0.39 is 0 Å². The molecule has 14 heavy (non-hydrogen) atoms. The van der Waals surface area contributed by atoms with Crippen molar-refractivity contribution in [2.45, 2.75) is 0 Å². The molecule has 2 nitrogen and oxygen atoms in total. The van der Waals surface area contributed by atoms with Gasteiger partial charge in [0.05, 0.1) is 0 Å². The third kappa shape index (κ3) is 1.14. The number of nitrogens with zero attached hydrogens (tertiary/aromatic N) is 1. The van der Waals surface area contributed by atoms with Crippen LogP contribution in [0.3, 0.4) is 0 Å². The largest absolute Gasteiger partial charge is 0.339 e. The first-order valence-corrected chi connectivity index (χ1v) is 5.34. The number of aromatic nitrogens is 2. The van der Waals surface area contributed by atoms with Crippen molar-refractivity contribution in [1.29, 1.82) is 0 Å². The average Bonchev–Trinajstić information content (AvgIpc) is 2.86. The van der Waals surface area contributed by atoms with Crippen LogP contribution in [0.5, 0.6) is 0 Å². The van der Waals surface area contributed by atoms with Gasteiger partial charge in [-0.15, -0.1) is 0 Å². The number of H-pyrrole nitrogens is 1. The normalized spacial score (nSPS) is 10.9. The predicted octanol–water partition coefficient (Wildman–Crippen LogP) is 3.29. The maximum Gasteiger partial charge on any atom is 0.137 e. The Morgan fingerprint density at radius 2 is 2.29 bits per heavy atom. The molecular weight excluding hydrogens is 192 g/mol. The number of fused-ring (bicyclic) bond motifs is 1. The smallest absolute Gasteiger partial charge is 0.137 e. The summed E-state index contributed by atoms with van der Waals surface area (Å²) in [5, 5.41) is 5.37. The molecule has 0 fully saturated rings. The molecule has 0 amide bonds. The van der Waals surface area contributed by atoms with Crippen molar-refractivity contribution in [2.24, 2.45) is 0 Å². The van der Waals surface area contributed by atoms with E-state index in [9.17, 15) is 0 Å². The SMILES string of the molecule is c1cnc2[nH]c(-c3ccsc3)cc2c1. The van der Waals surface area contributed by atoms with Crippen LogP contribution in [0.25, 0.3) is 22.3 Å². The van der Waals surface area contributed by atoms with Crippen molar-refractivity contribution in [1.82, 2.24) is 9.97 Å². The van der Waals surface area contributed by atoms with Crippen LogP contribution < -0.4 is 0 Å². The summed E-state index contributed by atoms with van der Waals surface area (Å²) in [6.07, 6.45) is 1.80. The second kappa shape index (κ2) is 2.96. The van der Waals surface area contributed by atoms with Crippen molar-refractivity contribution >= 4 is 22.4 Å². The Morgan fingerprint density at radius 3 is 3.07 bits per heavy atom. The zero-order valence-electron chi connectivity index (χ0n) is 7.40. The monoisotopic (exact) mass is 200 g/mol. The lowest BCUT2D eigenvalue weighted by Gasteiger charge is -1.88. The molecule has 0 atom stereocenters. The molecule has 0 aliphatic heterocycles. The maximum atomic E-state index is 4.26. The first-order valence-electron chi connectivity index (χ1n) is 4.40. The van der Waals surface area contributed by atoms with Crippen LogP contribution in [0, 0.1) is 0 Å². The second-order valence-corrected chi connectivity index (χ2v) is 3.92. The molecule has 3 aromatic rings. The summed E-state index contributed by atoms with van der Waals surface area (Å²) in [6.45, 7) is 0. The van der Waals surface area contributed by atoms with Gasteiger partial charge in [-0.3, -0.25) is 0 Å². The first-order chi connectivity index (χ1) is 6.93. The van der Waals surface area contributed by atoms with Crippen molar-refractivity contribution in [3.63, 3.8) is 0 Å². The minimum atomic E-state index is 0.953. The summed E-state index contributed by atoms with van der Waals surface area (Å²) >= 11 is 1.70. The number of hydrogen-bond donors (Lipinski definition) is 1. The van der Waals surface area contributed by atoms with Gasteiger partial charge in [-0.1, -0.05) is 0 Å². The Hall–Kier alpha value is -1.61. The Morgan fingerprint density at radius 1 is 1.29 bits per heavy atom. The fraction of sp³-hybridized carbons (Fsp3) is 0. The average molecular weight is 200 g/mol. The summed E-state index contributed by atoms with van der Waals surface area (Å²) in [5.74, 6) is 0. The maximum absolute atomic E-state index is 4.26. The van der Waals surface area contributed by atoms with Crippen LogP contribution in [0.4, 0.5) is 0 Å². The number of nitrogens with one attached hydrogen (secondary N) is 1. The highest BCUT2D eigenvalue weighted by molar-refractivity contribution is 7.08. The quantitative estimate of drug-likeness (QED) is 0.641. The van der Waals surface area contributed by atoms with Gasteiger partial charge in [0, 0.05) is 28.2 Å². The van der Waals surface area contributed by atoms with Gasteiger partial charge in [0.25, 0.3) is 0 Å². The van der Waals surface area contributed by atoms with Gasteiger partial charge < -0.3 is 4.98 Å². The zero-order valence-corrected chi connectivity index (χ0v) is 8.21. The van der Waals surface area contributed by atoms with Crippen molar-refractivity contribution in [2.75, 3.05) is 0 Å². The van der Waals surface area contributed by atoms with Crippen LogP contribution in [-0.4, -0.2) is 9.97 Å². The lowest BCUT2D eigenvalue weighted by molar-refractivity contribution is 1.33. The molecule has 0 saturated heterocycles. The highest BCUT2D eigenvalue weighted by Gasteiger charge is 2.02. The number of hydrogen-bond acceptors (Lipinski definition) is 2. The molecule has 0 aliphatic carbocycles. The molecule has 0 saturated carbocycles. The number of thiophene rings is 1. The van der Waals surface area contributed by atoms with Crippen LogP contribution in [0.15, 0.2) is 41.2 Å². The topological polar surface area (TPSA) is 28.7 Å². The van der Waals surface area contributed by atoms with Gasteiger partial charge >= 0.3 is 0 Å². The zero-order chi connectivity index (χ0) is 9.38. The highest BCUT2D eigenvalue weighted by atomic mass is 32.1. The Kier molecular flexibility index (Phi) is 1.64. The molecule has 0 unspecified atom stereocenters. The third-order valence-electron chi connectivity index (χ3n) is 2.22. The molecule has 0 aliphatic rings. The summed E-state index contributed by atoms with van der Waals surface area (Å²) in [7, 11) is 0. The van der Waals surface area contributed by atoms with Gasteiger partial charge in [-0.2, -0.15) is 11.3 Å². The number of rotatable bonds is 1. The highest BCUT2D eigenvalue weighted by Crippen LogP contribution is 2.24. The van der Waals surface area contributed by atoms with Crippen LogP contribution in [0.2, 0.25) is 0 Å². The van der Waals surface area contributed by atoms with Crippen LogP contribution in [0.1, 0.15) is 0 Å². The van der Waals surface area contributed by atoms with E-state index in [1.54, 1.807) is 17.5 Å². The summed E-state index contributed by atoms with van der Waals surface area (Å²) < 4.78 is 0. The minimum Gasteiger partial charge on any atom is -0.339 e. The van der Waals surface area contributed by atoms with Gasteiger partial charge in [0.2, 0.25) is 0 Å². The summed E-state index contributed by atoms with van der Waals surface area (Å²) in [5.41, 5.74) is 3.32. The molecule has 0 spiro atoms. The second-order valence-electron chi connectivity index (χ2n) is 3.14. The van der Waals surface area contributed by atoms with Crippen LogP contribution >= 0.6 is 11.3 Å². The molecule has 0 aromatic carbocycles. The van der Waals surface area contributed by atoms with E-state index in [1.165, 1.54) is 5.56 Å². The molecule has 0 bridgehead atoms. The van der Waals surface area contributed by atoms with Crippen LogP contribution in [-0.2, 0) is 0 Å². The van der Waals surface area contributed by atoms with E-state index in [0.29, 0.717) is 0 Å². The van der Waals surface area contributed by atoms with Gasteiger partial charge in [0.1, 0.15) is 5.65 Å². The van der Waals surface area contributed by atoms with E-state index in [-0.39, 0.29) is 0 Å². The summed E-state index contributed by atoms with van der Waals surface area (Å²) in [6, 6.07) is 8.25. The number of pyridine rings is 1. The van der Waals surface area contributed by atoms with Gasteiger partial charge in [-0.25, -0.2) is 4.98 Å². The molecule has 3 heterocycles. The molecular formula is C11H8N2S. The van der Waals surface area contributed by atoms with Crippen molar-refractivity contribution < 1.29 is 0 Å². The Bertz CT molecular complexity index is 518. The Labute approximate surface area is 85.2 Å². The van der Waals surface area contributed by atoms with E-state index in [0.717, 1.165) is 16.7 Å². The number of aromatic amines is 1. The fourth-order valence-corrected chi connectivity index (χ4v) is 2.19. The minimum absolute atomic E-state index is 0.953. The predicted molar refractivity (Wildman–Crippen MR) is 59.4 cm³/mol. The molecule has 3 heteroatoms. The molecule has 0 radical (unpaired) electrons. The van der Waals surface area contributed by atoms with E-state index in [1.807, 2.05) is 6.07 Å². The third-order valence-corrected chi connectivity index (χ3v) is 2.91. The Balaban J connectivity index is 2.24. The van der Waals surface area contributed by atoms with Gasteiger partial charge in [0.15, 0.2) is 0 Å². The molecule has 68 valence electrons. The molecule has 3 rings (SSSR count). The van der Waals surface area contributed by atoms with Crippen molar-refractivity contribution in [3.8, 4) is 11.3 Å². The summed E-state index contributed by atoms with van der Waals surface area (Å²) in [4.78, 5) is 7.55. The molecule has 3 aromatic heterocycles. The standard InChI is InChI=1S/C11H8N2S/c1-2-8-6-10(9-3-5-14-7-9)13-11(8)12-4-1/h1-7H,(H,12,13). The lowest BCUT2D eigenvalue weighted by atomic mass is 10.2. The molecule has 1 N–H and O–H groups in total. The first kappa shape index (κ1) is 7.76. The van der Waals surface area contributed by atoms with E-state index in [4.69, 9.17) is 0 Å². The van der Waals surface area contributed by atoms with Gasteiger partial charge in [-0.05, 0) is 29.6 Å². The van der Waals surface area contributed by atoms with Crippen molar-refractivity contribution in [3.05, 3.63) is 41.2 Å². The lowest BCUT2D eigenvalue weighted by Crippen LogP contribution is -1.73. The van der Waals surface area contributed by atoms with E-state index in [2.05, 4.69) is 38.9 Å². The fourth-order valence-electron chi connectivity index (χ4n) is 1.53. The van der Waals surface area contributed by atoms with E-state index >= 15 is 0 Å².